The van der Waals surface area contributed by atoms with Gasteiger partial charge in [0, 0.05) is 16.1 Å². The van der Waals surface area contributed by atoms with Gasteiger partial charge in [-0.05, 0) is 30.3 Å². The van der Waals surface area contributed by atoms with Crippen molar-refractivity contribution in [3.05, 3.63) is 52.0 Å². The zero-order valence-corrected chi connectivity index (χ0v) is 12.1. The van der Waals surface area contributed by atoms with Crippen molar-refractivity contribution in [2.24, 2.45) is 5.73 Å². The van der Waals surface area contributed by atoms with E-state index in [-0.39, 0.29) is 5.84 Å². The van der Waals surface area contributed by atoms with Crippen molar-refractivity contribution >= 4 is 29.0 Å². The first-order valence-electron chi connectivity index (χ1n) is 5.66. The standard InChI is InChI=1S/C14H12Cl2N2O2/c1-19-10-2-3-12(14(17)18)13(7-10)20-11-5-8(15)4-9(16)6-11/h2-7H,1H3,(H3,17,18). The van der Waals surface area contributed by atoms with Gasteiger partial charge in [-0.3, -0.25) is 5.41 Å². The number of amidine groups is 1. The number of nitrogens with two attached hydrogens (primary N) is 1. The molecule has 3 N–H and O–H groups in total. The maximum absolute atomic E-state index is 7.56. The summed E-state index contributed by atoms with van der Waals surface area (Å²) in [6, 6.07) is 9.85. The van der Waals surface area contributed by atoms with E-state index in [9.17, 15) is 0 Å². The first kappa shape index (κ1) is 14.5. The fourth-order valence-electron chi connectivity index (χ4n) is 1.65. The summed E-state index contributed by atoms with van der Waals surface area (Å²) >= 11 is 11.8. The van der Waals surface area contributed by atoms with E-state index in [1.54, 1.807) is 43.5 Å². The summed E-state index contributed by atoms with van der Waals surface area (Å²) in [7, 11) is 1.54. The van der Waals surface area contributed by atoms with Crippen LogP contribution in [0.1, 0.15) is 5.56 Å². The molecule has 0 radical (unpaired) electrons. The molecule has 0 amide bonds. The van der Waals surface area contributed by atoms with Crippen LogP contribution in [0.5, 0.6) is 17.2 Å². The summed E-state index contributed by atoms with van der Waals surface area (Å²) in [6.45, 7) is 0. The quantitative estimate of drug-likeness (QED) is 0.660. The Morgan fingerprint density at radius 1 is 1.05 bits per heavy atom. The number of nitrogens with one attached hydrogen (secondary N) is 1. The number of rotatable bonds is 4. The van der Waals surface area contributed by atoms with E-state index in [0.29, 0.717) is 32.9 Å². The number of methoxy groups -OCH3 is 1. The molecule has 0 spiro atoms. The summed E-state index contributed by atoms with van der Waals surface area (Å²) in [5, 5.41) is 8.48. The minimum Gasteiger partial charge on any atom is -0.497 e. The average Bonchev–Trinajstić information content (AvgIpc) is 2.37. The topological polar surface area (TPSA) is 68.3 Å². The van der Waals surface area contributed by atoms with E-state index in [0.717, 1.165) is 0 Å². The highest BCUT2D eigenvalue weighted by Gasteiger charge is 2.10. The molecule has 2 aromatic rings. The molecule has 0 bridgehead atoms. The predicted octanol–water partition coefficient (Wildman–Crippen LogP) is 4.08. The zero-order valence-electron chi connectivity index (χ0n) is 10.6. The van der Waals surface area contributed by atoms with Crippen LogP contribution in [0.2, 0.25) is 10.0 Å². The third-order valence-corrected chi connectivity index (χ3v) is 2.98. The summed E-state index contributed by atoms with van der Waals surface area (Å²) in [5.74, 6) is 1.35. The fraction of sp³-hybridized carbons (Fsp3) is 0.0714. The van der Waals surface area contributed by atoms with Crippen LogP contribution in [0.4, 0.5) is 0 Å². The van der Waals surface area contributed by atoms with Crippen LogP contribution in [0, 0.1) is 5.41 Å². The minimum atomic E-state index is -0.101. The Hall–Kier alpha value is -1.91. The van der Waals surface area contributed by atoms with Gasteiger partial charge >= 0.3 is 0 Å². The Bertz CT molecular complexity index is 639. The Morgan fingerprint density at radius 3 is 2.25 bits per heavy atom. The van der Waals surface area contributed by atoms with Gasteiger partial charge in [-0.2, -0.15) is 0 Å². The SMILES string of the molecule is COc1ccc(C(=N)N)c(Oc2cc(Cl)cc(Cl)c2)c1. The molecule has 104 valence electrons. The predicted molar refractivity (Wildman–Crippen MR) is 80.5 cm³/mol. The molecule has 0 atom stereocenters. The van der Waals surface area contributed by atoms with E-state index in [4.69, 9.17) is 43.8 Å². The van der Waals surface area contributed by atoms with Gasteiger partial charge < -0.3 is 15.2 Å². The molecule has 0 aliphatic carbocycles. The van der Waals surface area contributed by atoms with Crippen molar-refractivity contribution in [1.29, 1.82) is 5.41 Å². The molecule has 2 aromatic carbocycles. The Balaban J connectivity index is 2.42. The van der Waals surface area contributed by atoms with E-state index in [1.165, 1.54) is 0 Å². The highest BCUT2D eigenvalue weighted by atomic mass is 35.5. The molecule has 0 aromatic heterocycles. The van der Waals surface area contributed by atoms with Gasteiger partial charge in [0.1, 0.15) is 23.1 Å². The molecular formula is C14H12Cl2N2O2. The Labute approximate surface area is 126 Å². The average molecular weight is 311 g/mol. The fourth-order valence-corrected chi connectivity index (χ4v) is 2.16. The van der Waals surface area contributed by atoms with Crippen molar-refractivity contribution in [2.75, 3.05) is 7.11 Å². The zero-order chi connectivity index (χ0) is 14.7. The molecule has 0 heterocycles. The molecule has 0 aliphatic rings. The minimum absolute atomic E-state index is 0.101. The lowest BCUT2D eigenvalue weighted by Crippen LogP contribution is -2.12. The third kappa shape index (κ3) is 3.35. The number of hydrogen-bond acceptors (Lipinski definition) is 3. The molecule has 0 saturated heterocycles. The van der Waals surface area contributed by atoms with E-state index < -0.39 is 0 Å². The molecule has 0 fully saturated rings. The lowest BCUT2D eigenvalue weighted by molar-refractivity contribution is 0.409. The van der Waals surface area contributed by atoms with Gasteiger partial charge in [0.15, 0.2) is 0 Å². The molecule has 2 rings (SSSR count). The van der Waals surface area contributed by atoms with Crippen LogP contribution in [0.3, 0.4) is 0 Å². The number of hydrogen-bond donors (Lipinski definition) is 2. The van der Waals surface area contributed by atoms with Crippen LogP contribution >= 0.6 is 23.2 Å². The Morgan fingerprint density at radius 2 is 1.70 bits per heavy atom. The molecule has 20 heavy (non-hydrogen) atoms. The van der Waals surface area contributed by atoms with Gasteiger partial charge in [-0.15, -0.1) is 0 Å². The van der Waals surface area contributed by atoms with E-state index >= 15 is 0 Å². The normalized spacial score (nSPS) is 10.2. The summed E-state index contributed by atoms with van der Waals surface area (Å²) in [5.41, 5.74) is 5.99. The number of halogens is 2. The lowest BCUT2D eigenvalue weighted by Gasteiger charge is -2.12. The van der Waals surface area contributed by atoms with Gasteiger partial charge in [0.25, 0.3) is 0 Å². The van der Waals surface area contributed by atoms with Gasteiger partial charge in [0.2, 0.25) is 0 Å². The van der Waals surface area contributed by atoms with Crippen LogP contribution in [0.15, 0.2) is 36.4 Å². The van der Waals surface area contributed by atoms with Gasteiger partial charge in [-0.1, -0.05) is 23.2 Å². The van der Waals surface area contributed by atoms with Crippen LogP contribution < -0.4 is 15.2 Å². The maximum atomic E-state index is 7.56. The first-order chi connectivity index (χ1) is 9.49. The molecule has 0 unspecified atom stereocenters. The lowest BCUT2D eigenvalue weighted by atomic mass is 10.1. The largest absolute Gasteiger partial charge is 0.497 e. The van der Waals surface area contributed by atoms with Crippen molar-refractivity contribution < 1.29 is 9.47 Å². The second-order valence-electron chi connectivity index (χ2n) is 3.98. The monoisotopic (exact) mass is 310 g/mol. The van der Waals surface area contributed by atoms with Gasteiger partial charge in [0.05, 0.1) is 12.7 Å². The molecule has 6 heteroatoms. The van der Waals surface area contributed by atoms with Gasteiger partial charge in [-0.25, -0.2) is 0 Å². The number of ether oxygens (including phenoxy) is 2. The first-order valence-corrected chi connectivity index (χ1v) is 6.41. The molecule has 4 nitrogen and oxygen atoms in total. The summed E-state index contributed by atoms with van der Waals surface area (Å²) < 4.78 is 10.8. The van der Waals surface area contributed by atoms with Crippen molar-refractivity contribution in [1.82, 2.24) is 0 Å². The maximum Gasteiger partial charge on any atom is 0.142 e. The highest BCUT2D eigenvalue weighted by Crippen LogP contribution is 2.32. The van der Waals surface area contributed by atoms with Crippen LogP contribution in [0.25, 0.3) is 0 Å². The smallest absolute Gasteiger partial charge is 0.142 e. The highest BCUT2D eigenvalue weighted by molar-refractivity contribution is 6.34. The Kier molecular flexibility index (Phi) is 4.37. The van der Waals surface area contributed by atoms with E-state index in [2.05, 4.69) is 0 Å². The number of benzene rings is 2. The third-order valence-electron chi connectivity index (χ3n) is 2.54. The van der Waals surface area contributed by atoms with Crippen LogP contribution in [-0.4, -0.2) is 12.9 Å². The second kappa shape index (κ2) is 6.03. The van der Waals surface area contributed by atoms with E-state index in [1.807, 2.05) is 0 Å². The summed E-state index contributed by atoms with van der Waals surface area (Å²) in [6.07, 6.45) is 0. The summed E-state index contributed by atoms with van der Waals surface area (Å²) in [4.78, 5) is 0. The molecule has 0 saturated carbocycles. The molecular weight excluding hydrogens is 299 g/mol. The van der Waals surface area contributed by atoms with Crippen molar-refractivity contribution in [3.8, 4) is 17.2 Å². The second-order valence-corrected chi connectivity index (χ2v) is 4.86. The van der Waals surface area contributed by atoms with Crippen molar-refractivity contribution in [2.45, 2.75) is 0 Å². The van der Waals surface area contributed by atoms with Crippen molar-refractivity contribution in [3.63, 3.8) is 0 Å². The van der Waals surface area contributed by atoms with Crippen LogP contribution in [-0.2, 0) is 0 Å². The number of nitrogen functional groups attached to an aromatic ring is 1. The molecule has 0 aliphatic heterocycles.